The number of rotatable bonds is 7. The monoisotopic (exact) mass is 307 g/mol. The van der Waals surface area contributed by atoms with Crippen LogP contribution in [0, 0.1) is 11.3 Å². The maximum absolute atomic E-state index is 12.6. The summed E-state index contributed by atoms with van der Waals surface area (Å²) in [6, 6.07) is 0. The third kappa shape index (κ3) is 3.54. The second kappa shape index (κ2) is 6.58. The van der Waals surface area contributed by atoms with Gasteiger partial charge in [0.15, 0.2) is 5.82 Å². The molecule has 6 nitrogen and oxygen atoms in total. The Morgan fingerprint density at radius 2 is 2.09 bits per heavy atom. The van der Waals surface area contributed by atoms with Gasteiger partial charge in [-0.25, -0.2) is 0 Å². The fourth-order valence-corrected chi connectivity index (χ4v) is 3.09. The van der Waals surface area contributed by atoms with Gasteiger partial charge >= 0.3 is 0 Å². The zero-order valence-electron chi connectivity index (χ0n) is 13.9. The molecular formula is C16H25N3O3. The fourth-order valence-electron chi connectivity index (χ4n) is 3.09. The number of aryl methyl sites for hydroxylation is 1. The van der Waals surface area contributed by atoms with Gasteiger partial charge in [0.1, 0.15) is 0 Å². The van der Waals surface area contributed by atoms with Crippen LogP contribution < -0.4 is 0 Å². The highest BCUT2D eigenvalue weighted by Gasteiger charge is 2.48. The van der Waals surface area contributed by atoms with Gasteiger partial charge in [0.25, 0.3) is 0 Å². The van der Waals surface area contributed by atoms with Crippen molar-refractivity contribution in [1.82, 2.24) is 15.0 Å². The summed E-state index contributed by atoms with van der Waals surface area (Å²) in [5.41, 5.74) is -0.597. The first-order chi connectivity index (χ1) is 10.4. The average Bonchev–Trinajstić information content (AvgIpc) is 2.95. The van der Waals surface area contributed by atoms with Crippen LogP contribution in [-0.2, 0) is 22.6 Å². The van der Waals surface area contributed by atoms with Crippen molar-refractivity contribution in [3.63, 3.8) is 0 Å². The minimum atomic E-state index is -0.597. The normalized spacial score (nSPS) is 22.1. The molecule has 1 saturated heterocycles. The third-order valence-corrected chi connectivity index (χ3v) is 4.02. The molecule has 6 heteroatoms. The number of imide groups is 1. The second-order valence-corrected chi connectivity index (χ2v) is 6.83. The Kier molecular flexibility index (Phi) is 4.98. The molecule has 0 spiro atoms. The standard InChI is InChI=1S/C16H25N3O3/c1-5-6-7-13-17-12(18-22-13)10-19-14(20)9-16(4,15(19)21)8-11(2)3/h11H,5-10H2,1-4H3/t16-/m0/s1. The van der Waals surface area contributed by atoms with E-state index < -0.39 is 5.41 Å². The Morgan fingerprint density at radius 1 is 1.36 bits per heavy atom. The van der Waals surface area contributed by atoms with E-state index in [0.717, 1.165) is 19.3 Å². The van der Waals surface area contributed by atoms with Crippen molar-refractivity contribution in [3.8, 4) is 0 Å². The summed E-state index contributed by atoms with van der Waals surface area (Å²) in [6.07, 6.45) is 3.74. The minimum absolute atomic E-state index is 0.112. The van der Waals surface area contributed by atoms with Crippen LogP contribution in [0.2, 0.25) is 0 Å². The number of carbonyl (C=O) groups is 2. The highest BCUT2D eigenvalue weighted by molar-refractivity contribution is 6.05. The van der Waals surface area contributed by atoms with Crippen molar-refractivity contribution < 1.29 is 14.1 Å². The minimum Gasteiger partial charge on any atom is -0.339 e. The summed E-state index contributed by atoms with van der Waals surface area (Å²) in [6.45, 7) is 8.20. The summed E-state index contributed by atoms with van der Waals surface area (Å²) in [7, 11) is 0. The lowest BCUT2D eigenvalue weighted by Crippen LogP contribution is -2.34. The smallest absolute Gasteiger partial charge is 0.236 e. The maximum atomic E-state index is 12.6. The fraction of sp³-hybridized carbons (Fsp3) is 0.750. The van der Waals surface area contributed by atoms with E-state index >= 15 is 0 Å². The van der Waals surface area contributed by atoms with Gasteiger partial charge in [0, 0.05) is 12.8 Å². The Labute approximate surface area is 131 Å². The van der Waals surface area contributed by atoms with Gasteiger partial charge in [0.2, 0.25) is 17.7 Å². The Balaban J connectivity index is 2.05. The zero-order chi connectivity index (χ0) is 16.3. The topological polar surface area (TPSA) is 76.3 Å². The molecule has 1 aromatic rings. The molecule has 0 radical (unpaired) electrons. The SMILES string of the molecule is CCCCc1nc(CN2C(=O)C[C@](C)(CC(C)C)C2=O)no1. The van der Waals surface area contributed by atoms with Gasteiger partial charge in [-0.05, 0) is 18.8 Å². The van der Waals surface area contributed by atoms with E-state index in [9.17, 15) is 9.59 Å². The molecule has 0 aromatic carbocycles. The van der Waals surface area contributed by atoms with Gasteiger partial charge in [-0.15, -0.1) is 0 Å². The molecule has 122 valence electrons. The van der Waals surface area contributed by atoms with Crippen molar-refractivity contribution in [2.75, 3.05) is 0 Å². The summed E-state index contributed by atoms with van der Waals surface area (Å²) in [5.74, 6) is 1.08. The first-order valence-electron chi connectivity index (χ1n) is 8.02. The van der Waals surface area contributed by atoms with E-state index in [0.29, 0.717) is 24.1 Å². The molecule has 1 aliphatic heterocycles. The third-order valence-electron chi connectivity index (χ3n) is 4.02. The van der Waals surface area contributed by atoms with Crippen LogP contribution in [0.5, 0.6) is 0 Å². The van der Waals surface area contributed by atoms with Crippen molar-refractivity contribution >= 4 is 11.8 Å². The van der Waals surface area contributed by atoms with Crippen LogP contribution in [0.3, 0.4) is 0 Å². The van der Waals surface area contributed by atoms with Crippen LogP contribution in [0.15, 0.2) is 4.52 Å². The molecule has 0 bridgehead atoms. The molecule has 0 unspecified atom stereocenters. The molecule has 1 fully saturated rings. The molecule has 1 atom stereocenters. The molecule has 0 N–H and O–H groups in total. The van der Waals surface area contributed by atoms with E-state index in [4.69, 9.17) is 4.52 Å². The van der Waals surface area contributed by atoms with Crippen LogP contribution >= 0.6 is 0 Å². The lowest BCUT2D eigenvalue weighted by molar-refractivity contribution is -0.142. The van der Waals surface area contributed by atoms with Crippen molar-refractivity contribution in [2.45, 2.75) is 66.3 Å². The predicted octanol–water partition coefficient (Wildman–Crippen LogP) is 2.72. The average molecular weight is 307 g/mol. The number of unbranched alkanes of at least 4 members (excludes halogenated alkanes) is 1. The Hall–Kier alpha value is -1.72. The number of hydrogen-bond donors (Lipinski definition) is 0. The lowest BCUT2D eigenvalue weighted by atomic mass is 9.80. The number of aromatic nitrogens is 2. The van der Waals surface area contributed by atoms with Gasteiger partial charge < -0.3 is 4.52 Å². The summed E-state index contributed by atoms with van der Waals surface area (Å²) in [5, 5.41) is 3.88. The number of nitrogens with zero attached hydrogens (tertiary/aromatic N) is 3. The number of likely N-dealkylation sites (tertiary alicyclic amines) is 1. The molecular weight excluding hydrogens is 282 g/mol. The molecule has 0 aliphatic carbocycles. The van der Waals surface area contributed by atoms with E-state index in [-0.39, 0.29) is 24.8 Å². The van der Waals surface area contributed by atoms with E-state index in [1.54, 1.807) is 0 Å². The lowest BCUT2D eigenvalue weighted by Gasteiger charge is -2.23. The largest absolute Gasteiger partial charge is 0.339 e. The summed E-state index contributed by atoms with van der Waals surface area (Å²) < 4.78 is 5.15. The molecule has 2 rings (SSSR count). The second-order valence-electron chi connectivity index (χ2n) is 6.83. The maximum Gasteiger partial charge on any atom is 0.236 e. The predicted molar refractivity (Wildman–Crippen MR) is 80.6 cm³/mol. The van der Waals surface area contributed by atoms with Crippen LogP contribution in [0.1, 0.15) is 65.1 Å². The summed E-state index contributed by atoms with van der Waals surface area (Å²) >= 11 is 0. The van der Waals surface area contributed by atoms with E-state index in [2.05, 4.69) is 30.9 Å². The number of amides is 2. The number of carbonyl (C=O) groups excluding carboxylic acids is 2. The van der Waals surface area contributed by atoms with Crippen LogP contribution in [0.25, 0.3) is 0 Å². The van der Waals surface area contributed by atoms with Gasteiger partial charge in [-0.2, -0.15) is 4.98 Å². The summed E-state index contributed by atoms with van der Waals surface area (Å²) in [4.78, 5) is 30.3. The number of hydrogen-bond acceptors (Lipinski definition) is 5. The van der Waals surface area contributed by atoms with E-state index in [1.165, 1.54) is 4.90 Å². The van der Waals surface area contributed by atoms with Crippen LogP contribution in [-0.4, -0.2) is 26.9 Å². The molecule has 2 heterocycles. The quantitative estimate of drug-likeness (QED) is 0.724. The highest BCUT2D eigenvalue weighted by atomic mass is 16.5. The van der Waals surface area contributed by atoms with Gasteiger partial charge in [-0.3, -0.25) is 14.5 Å². The van der Waals surface area contributed by atoms with Crippen molar-refractivity contribution in [1.29, 1.82) is 0 Å². The van der Waals surface area contributed by atoms with Crippen LogP contribution in [0.4, 0.5) is 0 Å². The van der Waals surface area contributed by atoms with Gasteiger partial charge in [-0.1, -0.05) is 39.3 Å². The molecule has 22 heavy (non-hydrogen) atoms. The Morgan fingerprint density at radius 3 is 2.73 bits per heavy atom. The first-order valence-corrected chi connectivity index (χ1v) is 8.02. The first kappa shape index (κ1) is 16.6. The molecule has 1 aliphatic rings. The molecule has 1 aromatic heterocycles. The van der Waals surface area contributed by atoms with Crippen molar-refractivity contribution in [2.24, 2.45) is 11.3 Å². The molecule has 0 saturated carbocycles. The highest BCUT2D eigenvalue weighted by Crippen LogP contribution is 2.38. The van der Waals surface area contributed by atoms with E-state index in [1.807, 2.05) is 6.92 Å². The Bertz CT molecular complexity index is 553. The zero-order valence-corrected chi connectivity index (χ0v) is 13.9. The van der Waals surface area contributed by atoms with Gasteiger partial charge in [0.05, 0.1) is 12.0 Å². The molecule has 2 amide bonds. The van der Waals surface area contributed by atoms with Crippen molar-refractivity contribution in [3.05, 3.63) is 11.7 Å².